The van der Waals surface area contributed by atoms with Crippen LogP contribution in [0.4, 0.5) is 23.1 Å². The number of carbonyl (C=O) groups excluding carboxylic acids is 2. The summed E-state index contributed by atoms with van der Waals surface area (Å²) < 4.78 is 0. The zero-order chi connectivity index (χ0) is 20.8. The highest BCUT2D eigenvalue weighted by atomic mass is 16.1. The van der Waals surface area contributed by atoms with Gasteiger partial charge in [-0.15, -0.1) is 0 Å². The zero-order valence-electron chi connectivity index (χ0n) is 16.9. The molecule has 29 heavy (non-hydrogen) atoms. The Morgan fingerprint density at radius 2 is 1.97 bits per heavy atom. The average Bonchev–Trinajstić information content (AvgIpc) is 2.72. The van der Waals surface area contributed by atoms with Gasteiger partial charge in [-0.25, -0.2) is 4.98 Å². The maximum absolute atomic E-state index is 11.7. The maximum Gasteiger partial charge on any atom is 0.247 e. The van der Waals surface area contributed by atoms with Gasteiger partial charge in [0, 0.05) is 23.7 Å². The minimum atomic E-state index is -0.279. The summed E-state index contributed by atoms with van der Waals surface area (Å²) in [5.41, 5.74) is 2.25. The second-order valence-corrected chi connectivity index (χ2v) is 7.40. The highest BCUT2D eigenvalue weighted by molar-refractivity contribution is 6.01. The van der Waals surface area contributed by atoms with E-state index in [2.05, 4.69) is 32.5 Å². The normalized spacial score (nSPS) is 18.6. The molecule has 1 aromatic carbocycles. The van der Waals surface area contributed by atoms with Gasteiger partial charge in [-0.05, 0) is 51.3 Å². The third-order valence-corrected chi connectivity index (χ3v) is 5.18. The van der Waals surface area contributed by atoms with Crippen LogP contribution in [0.2, 0.25) is 0 Å². The molecule has 1 amide bonds. The minimum absolute atomic E-state index is 0.115. The lowest BCUT2D eigenvalue weighted by atomic mass is 9.83. The topological polar surface area (TPSA) is 96.0 Å². The Labute approximate surface area is 171 Å². The summed E-state index contributed by atoms with van der Waals surface area (Å²) in [4.78, 5) is 32.4. The van der Waals surface area contributed by atoms with Crippen LogP contribution in [0.1, 0.15) is 38.2 Å². The molecule has 3 rings (SSSR count). The summed E-state index contributed by atoms with van der Waals surface area (Å²) in [5.74, 6) is 1.27. The third kappa shape index (κ3) is 5.40. The molecule has 0 bridgehead atoms. The number of anilines is 4. The van der Waals surface area contributed by atoms with E-state index in [4.69, 9.17) is 0 Å². The maximum atomic E-state index is 11.7. The molecule has 1 aliphatic rings. The van der Waals surface area contributed by atoms with Gasteiger partial charge in [-0.2, -0.15) is 4.98 Å². The van der Waals surface area contributed by atoms with Crippen LogP contribution in [0.5, 0.6) is 0 Å². The van der Waals surface area contributed by atoms with E-state index < -0.39 is 0 Å². The van der Waals surface area contributed by atoms with Gasteiger partial charge in [0.05, 0.1) is 11.4 Å². The summed E-state index contributed by atoms with van der Waals surface area (Å²) in [6.07, 6.45) is 6.78. The molecule has 1 heterocycles. The van der Waals surface area contributed by atoms with E-state index in [1.165, 1.54) is 6.08 Å². The number of nitrogens with one attached hydrogen (secondary N) is 3. The van der Waals surface area contributed by atoms with Gasteiger partial charge >= 0.3 is 0 Å². The Hall–Kier alpha value is -3.22. The fraction of sp³-hybridized carbons (Fsp3) is 0.364. The van der Waals surface area contributed by atoms with Crippen molar-refractivity contribution in [3.63, 3.8) is 0 Å². The third-order valence-electron chi connectivity index (χ3n) is 5.18. The number of hydrogen-bond acceptors (Lipinski definition) is 6. The number of benzene rings is 1. The summed E-state index contributed by atoms with van der Waals surface area (Å²) in [6.45, 7) is 7.07. The zero-order valence-corrected chi connectivity index (χ0v) is 16.9. The molecule has 1 fully saturated rings. The summed E-state index contributed by atoms with van der Waals surface area (Å²) >= 11 is 0. The molecule has 0 aliphatic heterocycles. The number of rotatable bonds is 7. The number of ketones is 1. The van der Waals surface area contributed by atoms with Crippen LogP contribution in [-0.2, 0) is 9.59 Å². The standard InChI is InChI=1S/C22H27N5O2/c1-4-20(29)25-18-10-5-6-11-19(18)26-21-14(2)13-23-22(27-21)24-17-9-7-8-16(12-17)15(3)28/h4-6,10-11,13,16-17H,1,7-9,12H2,2-3H3,(H,25,29)(H2,23,24,26,27)/t16?,17-/m0/s1. The Bertz CT molecular complexity index is 912. The molecule has 2 aromatic rings. The van der Waals surface area contributed by atoms with Crippen LogP contribution in [0, 0.1) is 12.8 Å². The first-order valence-electron chi connectivity index (χ1n) is 9.86. The molecular formula is C22H27N5O2. The second-order valence-electron chi connectivity index (χ2n) is 7.40. The summed E-state index contributed by atoms with van der Waals surface area (Å²) in [5, 5.41) is 9.44. The average molecular weight is 393 g/mol. The molecule has 2 atom stereocenters. The van der Waals surface area contributed by atoms with Crippen molar-refractivity contribution in [2.45, 2.75) is 45.6 Å². The van der Waals surface area contributed by atoms with Crippen LogP contribution in [0.15, 0.2) is 43.1 Å². The van der Waals surface area contributed by atoms with E-state index in [1.807, 2.05) is 31.2 Å². The molecule has 0 spiro atoms. The molecule has 3 N–H and O–H groups in total. The van der Waals surface area contributed by atoms with Gasteiger partial charge in [0.15, 0.2) is 0 Å². The first-order chi connectivity index (χ1) is 14.0. The highest BCUT2D eigenvalue weighted by Gasteiger charge is 2.25. The molecule has 0 saturated heterocycles. The Balaban J connectivity index is 1.76. The molecule has 7 heteroatoms. The van der Waals surface area contributed by atoms with Crippen molar-refractivity contribution < 1.29 is 9.59 Å². The van der Waals surface area contributed by atoms with Crippen LogP contribution < -0.4 is 16.0 Å². The first kappa shape index (κ1) is 20.5. The Kier molecular flexibility index (Phi) is 6.59. The molecule has 1 aromatic heterocycles. The summed E-state index contributed by atoms with van der Waals surface area (Å²) in [7, 11) is 0. The van der Waals surface area contributed by atoms with E-state index in [1.54, 1.807) is 13.1 Å². The van der Waals surface area contributed by atoms with Crippen molar-refractivity contribution in [2.75, 3.05) is 16.0 Å². The van der Waals surface area contributed by atoms with Crippen molar-refractivity contribution >= 4 is 34.8 Å². The van der Waals surface area contributed by atoms with Gasteiger partial charge in [0.25, 0.3) is 0 Å². The number of para-hydroxylation sites is 2. The minimum Gasteiger partial charge on any atom is -0.351 e. The van der Waals surface area contributed by atoms with Crippen molar-refractivity contribution in [1.29, 1.82) is 0 Å². The molecule has 0 radical (unpaired) electrons. The van der Waals surface area contributed by atoms with Crippen LogP contribution in [0.25, 0.3) is 0 Å². The fourth-order valence-electron chi connectivity index (χ4n) is 3.52. The fourth-order valence-corrected chi connectivity index (χ4v) is 3.52. The van der Waals surface area contributed by atoms with E-state index in [0.29, 0.717) is 17.5 Å². The van der Waals surface area contributed by atoms with E-state index in [-0.39, 0.29) is 23.7 Å². The predicted octanol–water partition coefficient (Wildman–Crippen LogP) is 4.21. The molecule has 1 aliphatic carbocycles. The van der Waals surface area contributed by atoms with Gasteiger partial charge in [0.1, 0.15) is 11.6 Å². The number of amides is 1. The molecule has 1 saturated carbocycles. The van der Waals surface area contributed by atoms with Crippen molar-refractivity contribution in [1.82, 2.24) is 9.97 Å². The lowest BCUT2D eigenvalue weighted by Crippen LogP contribution is -2.30. The molecule has 152 valence electrons. The lowest BCUT2D eigenvalue weighted by molar-refractivity contribution is -0.121. The van der Waals surface area contributed by atoms with Gasteiger partial charge in [0.2, 0.25) is 11.9 Å². The monoisotopic (exact) mass is 393 g/mol. The highest BCUT2D eigenvalue weighted by Crippen LogP contribution is 2.29. The van der Waals surface area contributed by atoms with Crippen LogP contribution in [-0.4, -0.2) is 27.7 Å². The number of hydrogen-bond donors (Lipinski definition) is 3. The Morgan fingerprint density at radius 1 is 1.21 bits per heavy atom. The van der Waals surface area contributed by atoms with E-state index >= 15 is 0 Å². The second kappa shape index (κ2) is 9.32. The van der Waals surface area contributed by atoms with Gasteiger partial charge in [-0.1, -0.05) is 25.1 Å². The van der Waals surface area contributed by atoms with E-state index in [0.717, 1.165) is 36.9 Å². The quantitative estimate of drug-likeness (QED) is 0.610. The smallest absolute Gasteiger partial charge is 0.247 e. The number of aromatic nitrogens is 2. The number of aryl methyl sites for hydroxylation is 1. The van der Waals surface area contributed by atoms with Gasteiger partial charge < -0.3 is 16.0 Å². The predicted molar refractivity (Wildman–Crippen MR) is 115 cm³/mol. The molecular weight excluding hydrogens is 366 g/mol. The number of nitrogens with zero attached hydrogens (tertiary/aromatic N) is 2. The van der Waals surface area contributed by atoms with E-state index in [9.17, 15) is 9.59 Å². The molecule has 7 nitrogen and oxygen atoms in total. The molecule has 1 unspecified atom stereocenters. The Morgan fingerprint density at radius 3 is 2.69 bits per heavy atom. The number of carbonyl (C=O) groups is 2. The van der Waals surface area contributed by atoms with Crippen molar-refractivity contribution in [3.8, 4) is 0 Å². The largest absolute Gasteiger partial charge is 0.351 e. The number of Topliss-reactive ketones (excluding diaryl/α,β-unsaturated/α-hetero) is 1. The lowest BCUT2D eigenvalue weighted by Gasteiger charge is -2.28. The SMILES string of the molecule is C=CC(=O)Nc1ccccc1Nc1nc(N[C@H]2CCCC(C(C)=O)C2)ncc1C. The van der Waals surface area contributed by atoms with Gasteiger partial charge in [-0.3, -0.25) is 9.59 Å². The van der Waals surface area contributed by atoms with Crippen molar-refractivity contribution in [3.05, 3.63) is 48.7 Å². The summed E-state index contributed by atoms with van der Waals surface area (Å²) in [6, 6.07) is 7.59. The first-order valence-corrected chi connectivity index (χ1v) is 9.86. The van der Waals surface area contributed by atoms with Crippen molar-refractivity contribution in [2.24, 2.45) is 5.92 Å². The van der Waals surface area contributed by atoms with Crippen LogP contribution in [0.3, 0.4) is 0 Å². The van der Waals surface area contributed by atoms with Crippen LogP contribution >= 0.6 is 0 Å².